The first-order valence-electron chi connectivity index (χ1n) is 8.19. The molecule has 2 saturated carbocycles. The van der Waals surface area contributed by atoms with Crippen LogP contribution in [0.4, 0.5) is 0 Å². The first kappa shape index (κ1) is 13.2. The number of hydrogen-bond acceptors (Lipinski definition) is 1. The largest absolute Gasteiger partial charge is 0.314 e. The van der Waals surface area contributed by atoms with Gasteiger partial charge in [-0.15, -0.1) is 0 Å². The quantitative estimate of drug-likeness (QED) is 0.802. The second kappa shape index (κ2) is 6.09. The van der Waals surface area contributed by atoms with Crippen molar-refractivity contribution >= 4 is 0 Å². The topological polar surface area (TPSA) is 12.0 Å². The van der Waals surface area contributed by atoms with Crippen LogP contribution in [0.15, 0.2) is 24.3 Å². The highest BCUT2D eigenvalue weighted by atomic mass is 14.9. The van der Waals surface area contributed by atoms with Gasteiger partial charge in [-0.05, 0) is 61.6 Å². The number of rotatable bonds is 6. The van der Waals surface area contributed by atoms with E-state index in [1.807, 2.05) is 0 Å². The van der Waals surface area contributed by atoms with E-state index < -0.39 is 0 Å². The molecule has 0 amide bonds. The molecule has 0 saturated heterocycles. The van der Waals surface area contributed by atoms with Crippen LogP contribution in [-0.4, -0.2) is 12.6 Å². The molecule has 2 unspecified atom stereocenters. The van der Waals surface area contributed by atoms with Crippen LogP contribution in [0, 0.1) is 5.92 Å². The Kier molecular flexibility index (Phi) is 4.22. The van der Waals surface area contributed by atoms with Gasteiger partial charge in [0.25, 0.3) is 0 Å². The summed E-state index contributed by atoms with van der Waals surface area (Å²) in [7, 11) is 0. The first-order valence-corrected chi connectivity index (χ1v) is 8.19. The maximum atomic E-state index is 3.73. The molecule has 2 atom stereocenters. The summed E-state index contributed by atoms with van der Waals surface area (Å²) in [6, 6.07) is 10.3. The Morgan fingerprint density at radius 1 is 1.05 bits per heavy atom. The minimum absolute atomic E-state index is 0.807. The molecule has 104 valence electrons. The van der Waals surface area contributed by atoms with Crippen LogP contribution in [0.1, 0.15) is 62.5 Å². The van der Waals surface area contributed by atoms with Crippen LogP contribution in [0.5, 0.6) is 0 Å². The summed E-state index contributed by atoms with van der Waals surface area (Å²) in [5.41, 5.74) is 3.08. The van der Waals surface area contributed by atoms with E-state index in [9.17, 15) is 0 Å². The Hall–Kier alpha value is -0.820. The lowest BCUT2D eigenvalue weighted by atomic mass is 9.88. The third kappa shape index (κ3) is 3.39. The normalized spacial score (nSPS) is 26.8. The molecule has 2 aliphatic carbocycles. The highest BCUT2D eigenvalue weighted by Gasteiger charge is 2.30. The maximum Gasteiger partial charge on any atom is 0.00683 e. The van der Waals surface area contributed by atoms with Gasteiger partial charge in [0, 0.05) is 6.04 Å². The highest BCUT2D eigenvalue weighted by molar-refractivity contribution is 5.27. The van der Waals surface area contributed by atoms with Gasteiger partial charge in [-0.1, -0.05) is 44.0 Å². The summed E-state index contributed by atoms with van der Waals surface area (Å²) in [4.78, 5) is 0. The SMILES string of the molecule is CCCc1ccc(C2CCCC2CNC2CC2)cc1. The molecule has 1 nitrogen and oxygen atoms in total. The number of aryl methyl sites for hydroxylation is 1. The van der Waals surface area contributed by atoms with E-state index in [1.165, 1.54) is 57.1 Å². The van der Waals surface area contributed by atoms with Crippen LogP contribution < -0.4 is 5.32 Å². The molecule has 19 heavy (non-hydrogen) atoms. The van der Waals surface area contributed by atoms with Crippen LogP contribution in [0.3, 0.4) is 0 Å². The van der Waals surface area contributed by atoms with E-state index in [0.29, 0.717) is 0 Å². The average molecular weight is 257 g/mol. The first-order chi connectivity index (χ1) is 9.36. The number of hydrogen-bond donors (Lipinski definition) is 1. The lowest BCUT2D eigenvalue weighted by molar-refractivity contribution is 0.442. The van der Waals surface area contributed by atoms with E-state index in [1.54, 1.807) is 5.56 Å². The van der Waals surface area contributed by atoms with Gasteiger partial charge in [-0.3, -0.25) is 0 Å². The van der Waals surface area contributed by atoms with E-state index in [-0.39, 0.29) is 0 Å². The van der Waals surface area contributed by atoms with Gasteiger partial charge >= 0.3 is 0 Å². The summed E-state index contributed by atoms with van der Waals surface area (Å²) < 4.78 is 0. The fourth-order valence-electron chi connectivity index (χ4n) is 3.55. The van der Waals surface area contributed by atoms with Crippen molar-refractivity contribution in [3.05, 3.63) is 35.4 Å². The molecular weight excluding hydrogens is 230 g/mol. The van der Waals surface area contributed by atoms with Crippen LogP contribution in [0.25, 0.3) is 0 Å². The third-order valence-electron chi connectivity index (χ3n) is 4.85. The monoisotopic (exact) mass is 257 g/mol. The number of benzene rings is 1. The Bertz CT molecular complexity index is 391. The molecule has 0 aromatic heterocycles. The van der Waals surface area contributed by atoms with Gasteiger partial charge in [-0.25, -0.2) is 0 Å². The zero-order chi connectivity index (χ0) is 13.1. The molecule has 1 heteroatoms. The smallest absolute Gasteiger partial charge is 0.00683 e. The molecule has 0 spiro atoms. The van der Waals surface area contributed by atoms with Crippen molar-refractivity contribution in [2.24, 2.45) is 5.92 Å². The average Bonchev–Trinajstić information content (AvgIpc) is 3.15. The maximum absolute atomic E-state index is 3.73. The molecule has 0 aliphatic heterocycles. The Labute approximate surface area is 117 Å². The van der Waals surface area contributed by atoms with Crippen LogP contribution in [0.2, 0.25) is 0 Å². The van der Waals surface area contributed by atoms with Gasteiger partial charge in [0.2, 0.25) is 0 Å². The van der Waals surface area contributed by atoms with Gasteiger partial charge in [0.15, 0.2) is 0 Å². The molecule has 0 heterocycles. The molecular formula is C18H27N. The van der Waals surface area contributed by atoms with Crippen molar-refractivity contribution in [2.45, 2.75) is 63.8 Å². The molecule has 1 aromatic rings. The lowest BCUT2D eigenvalue weighted by Crippen LogP contribution is -2.26. The molecule has 1 N–H and O–H groups in total. The van der Waals surface area contributed by atoms with Crippen molar-refractivity contribution in [1.29, 1.82) is 0 Å². The fourth-order valence-corrected chi connectivity index (χ4v) is 3.55. The van der Waals surface area contributed by atoms with E-state index in [2.05, 4.69) is 36.5 Å². The van der Waals surface area contributed by atoms with Gasteiger partial charge in [-0.2, -0.15) is 0 Å². The van der Waals surface area contributed by atoms with Gasteiger partial charge in [0.1, 0.15) is 0 Å². The highest BCUT2D eigenvalue weighted by Crippen LogP contribution is 2.39. The summed E-state index contributed by atoms with van der Waals surface area (Å²) in [6.45, 7) is 3.50. The Balaban J connectivity index is 1.61. The van der Waals surface area contributed by atoms with E-state index in [4.69, 9.17) is 0 Å². The van der Waals surface area contributed by atoms with Crippen molar-refractivity contribution in [3.8, 4) is 0 Å². The van der Waals surface area contributed by atoms with Gasteiger partial charge in [0.05, 0.1) is 0 Å². The van der Waals surface area contributed by atoms with Gasteiger partial charge < -0.3 is 5.32 Å². The predicted molar refractivity (Wildman–Crippen MR) is 81.5 cm³/mol. The van der Waals surface area contributed by atoms with Crippen molar-refractivity contribution in [1.82, 2.24) is 5.32 Å². The molecule has 0 bridgehead atoms. The Morgan fingerprint density at radius 3 is 2.53 bits per heavy atom. The van der Waals surface area contributed by atoms with Crippen molar-refractivity contribution in [2.75, 3.05) is 6.54 Å². The predicted octanol–water partition coefficient (Wildman–Crippen LogP) is 4.27. The second-order valence-corrected chi connectivity index (χ2v) is 6.47. The van der Waals surface area contributed by atoms with Crippen LogP contribution in [-0.2, 0) is 6.42 Å². The second-order valence-electron chi connectivity index (χ2n) is 6.47. The molecule has 1 aromatic carbocycles. The summed E-state index contributed by atoms with van der Waals surface area (Å²) in [6.07, 6.45) is 9.50. The lowest BCUT2D eigenvalue weighted by Gasteiger charge is -2.21. The zero-order valence-electron chi connectivity index (χ0n) is 12.2. The summed E-state index contributed by atoms with van der Waals surface area (Å²) in [5.74, 6) is 1.68. The molecule has 3 rings (SSSR count). The minimum Gasteiger partial charge on any atom is -0.314 e. The van der Waals surface area contributed by atoms with Crippen molar-refractivity contribution < 1.29 is 0 Å². The molecule has 0 radical (unpaired) electrons. The summed E-state index contributed by atoms with van der Waals surface area (Å²) >= 11 is 0. The minimum atomic E-state index is 0.807. The Morgan fingerprint density at radius 2 is 1.84 bits per heavy atom. The summed E-state index contributed by atoms with van der Waals surface area (Å²) in [5, 5.41) is 3.73. The zero-order valence-corrected chi connectivity index (χ0v) is 12.2. The standard InChI is InChI=1S/C18H27N/c1-2-4-14-7-9-15(10-8-14)18-6-3-5-16(18)13-19-17-11-12-17/h7-10,16-19H,2-6,11-13H2,1H3. The van der Waals surface area contributed by atoms with E-state index in [0.717, 1.165) is 17.9 Å². The number of nitrogens with one attached hydrogen (secondary N) is 1. The van der Waals surface area contributed by atoms with Crippen molar-refractivity contribution in [3.63, 3.8) is 0 Å². The van der Waals surface area contributed by atoms with E-state index >= 15 is 0 Å². The fraction of sp³-hybridized carbons (Fsp3) is 0.667. The molecule has 2 aliphatic rings. The third-order valence-corrected chi connectivity index (χ3v) is 4.85. The molecule has 2 fully saturated rings. The van der Waals surface area contributed by atoms with Crippen LogP contribution >= 0.6 is 0 Å².